The minimum absolute atomic E-state index is 0.0814. The first-order chi connectivity index (χ1) is 18.3. The zero-order valence-electron chi connectivity index (χ0n) is 23.7. The topological polar surface area (TPSA) is 113 Å². The number of rotatable bonds is 14. The lowest BCUT2D eigenvalue weighted by Gasteiger charge is -2.42. The fourth-order valence-corrected chi connectivity index (χ4v) is 5.36. The number of carbonyl (C=O) groups excluding carboxylic acids is 3. The predicted octanol–water partition coefficient (Wildman–Crippen LogP) is 4.04. The quantitative estimate of drug-likeness (QED) is 0.326. The summed E-state index contributed by atoms with van der Waals surface area (Å²) in [5, 5.41) is 14.1. The van der Waals surface area contributed by atoms with Crippen molar-refractivity contribution in [2.24, 2.45) is 23.0 Å². The third kappa shape index (κ3) is 8.71. The van der Waals surface area contributed by atoms with Gasteiger partial charge in [0.15, 0.2) is 0 Å². The van der Waals surface area contributed by atoms with Crippen molar-refractivity contribution in [3.63, 3.8) is 0 Å². The molecule has 0 radical (unpaired) electrons. The van der Waals surface area contributed by atoms with Gasteiger partial charge in [0.25, 0.3) is 0 Å². The standard InChI is InChI=1S/C30H43F2N3O4/c1-6-8-35(9-7-2)28(38)22-11-20(5)16-30(17-22,29(33)39)25(14-21-12-23(31)15-24(32)13-21)26(36)18-34-27(37)10-19(3)4/h11-13,15-16,19,25-26,36H,6-10,14,17-18H2,1-5H3,(H2,33,39)(H,34,37)/t25-,26+,30?/m1/s1. The van der Waals surface area contributed by atoms with Gasteiger partial charge in [0.1, 0.15) is 11.6 Å². The molecule has 1 aliphatic rings. The summed E-state index contributed by atoms with van der Waals surface area (Å²) in [4.78, 5) is 40.9. The van der Waals surface area contributed by atoms with E-state index in [0.717, 1.165) is 31.0 Å². The van der Waals surface area contributed by atoms with E-state index in [0.29, 0.717) is 24.2 Å². The summed E-state index contributed by atoms with van der Waals surface area (Å²) in [5.41, 5.74) is 5.68. The molecule has 216 valence electrons. The summed E-state index contributed by atoms with van der Waals surface area (Å²) < 4.78 is 28.2. The maximum absolute atomic E-state index is 14.1. The summed E-state index contributed by atoms with van der Waals surface area (Å²) >= 11 is 0. The number of nitrogens with zero attached hydrogens (tertiary/aromatic N) is 1. The molecule has 7 nitrogen and oxygen atoms in total. The average molecular weight is 548 g/mol. The molecule has 3 amide bonds. The number of amides is 3. The lowest BCUT2D eigenvalue weighted by atomic mass is 9.63. The Kier molecular flexibility index (Phi) is 11.8. The van der Waals surface area contributed by atoms with Gasteiger partial charge >= 0.3 is 0 Å². The van der Waals surface area contributed by atoms with Crippen LogP contribution in [0, 0.1) is 28.9 Å². The fourth-order valence-electron chi connectivity index (χ4n) is 5.36. The van der Waals surface area contributed by atoms with Gasteiger partial charge < -0.3 is 21.1 Å². The summed E-state index contributed by atoms with van der Waals surface area (Å²) in [6.07, 6.45) is 3.63. The van der Waals surface area contributed by atoms with E-state index in [1.165, 1.54) is 0 Å². The zero-order valence-corrected chi connectivity index (χ0v) is 23.7. The maximum atomic E-state index is 14.1. The molecule has 0 fully saturated rings. The van der Waals surface area contributed by atoms with Gasteiger partial charge in [-0.3, -0.25) is 14.4 Å². The van der Waals surface area contributed by atoms with Crippen LogP contribution in [0.5, 0.6) is 0 Å². The third-order valence-electron chi connectivity index (χ3n) is 6.98. The van der Waals surface area contributed by atoms with Crippen LogP contribution in [0.15, 0.2) is 41.5 Å². The van der Waals surface area contributed by atoms with Gasteiger partial charge in [-0.25, -0.2) is 8.78 Å². The van der Waals surface area contributed by atoms with E-state index in [1.807, 2.05) is 27.7 Å². The predicted molar refractivity (Wildman–Crippen MR) is 147 cm³/mol. The van der Waals surface area contributed by atoms with Gasteiger partial charge in [-0.05, 0) is 56.2 Å². The summed E-state index contributed by atoms with van der Waals surface area (Å²) in [6.45, 7) is 10.4. The number of halogens is 2. The SMILES string of the molecule is CCCN(CCC)C(=O)C1=CC(C)=CC(C(N)=O)([C@H](Cc2cc(F)cc(F)c2)[C@@H](O)CNC(=O)CC(C)C)C1. The lowest BCUT2D eigenvalue weighted by Crippen LogP contribution is -2.52. The van der Waals surface area contributed by atoms with Gasteiger partial charge in [-0.1, -0.05) is 45.4 Å². The second kappa shape index (κ2) is 14.4. The molecule has 0 saturated heterocycles. The fraction of sp³-hybridized carbons (Fsp3) is 0.567. The molecule has 3 atom stereocenters. The average Bonchev–Trinajstić information content (AvgIpc) is 2.83. The van der Waals surface area contributed by atoms with Gasteiger partial charge in [0.05, 0.1) is 11.5 Å². The first-order valence-electron chi connectivity index (χ1n) is 13.7. The van der Waals surface area contributed by atoms with Gasteiger partial charge in [0, 0.05) is 43.6 Å². The van der Waals surface area contributed by atoms with E-state index in [-0.39, 0.29) is 49.1 Å². The van der Waals surface area contributed by atoms with Crippen LogP contribution in [0.25, 0.3) is 0 Å². The largest absolute Gasteiger partial charge is 0.391 e. The van der Waals surface area contributed by atoms with Gasteiger partial charge in [0.2, 0.25) is 17.7 Å². The minimum atomic E-state index is -1.54. The van der Waals surface area contributed by atoms with Crippen LogP contribution >= 0.6 is 0 Å². The van der Waals surface area contributed by atoms with Crippen LogP contribution in [0.4, 0.5) is 8.78 Å². The third-order valence-corrected chi connectivity index (χ3v) is 6.98. The van der Waals surface area contributed by atoms with Crippen molar-refractivity contribution < 1.29 is 28.3 Å². The van der Waals surface area contributed by atoms with Gasteiger partial charge in [-0.2, -0.15) is 0 Å². The Morgan fingerprint density at radius 3 is 2.21 bits per heavy atom. The molecule has 1 aliphatic carbocycles. The molecule has 2 rings (SSSR count). The Hall–Kier alpha value is -3.07. The Morgan fingerprint density at radius 2 is 1.69 bits per heavy atom. The highest BCUT2D eigenvalue weighted by molar-refractivity contribution is 5.97. The molecule has 1 unspecified atom stereocenters. The number of nitrogens with one attached hydrogen (secondary N) is 1. The molecule has 0 saturated carbocycles. The molecule has 0 bridgehead atoms. The van der Waals surface area contributed by atoms with Crippen LogP contribution in [-0.4, -0.2) is 53.5 Å². The number of aliphatic hydroxyl groups is 1. The number of hydrogen-bond acceptors (Lipinski definition) is 4. The number of nitrogens with two attached hydrogens (primary N) is 1. The van der Waals surface area contributed by atoms with E-state index in [9.17, 15) is 28.3 Å². The van der Waals surface area contributed by atoms with Crippen LogP contribution < -0.4 is 11.1 Å². The van der Waals surface area contributed by atoms with E-state index in [4.69, 9.17) is 5.73 Å². The highest BCUT2D eigenvalue weighted by Crippen LogP contribution is 2.44. The summed E-state index contributed by atoms with van der Waals surface area (Å²) in [7, 11) is 0. The maximum Gasteiger partial charge on any atom is 0.249 e. The molecule has 0 spiro atoms. The second-order valence-corrected chi connectivity index (χ2v) is 11.0. The molecular weight excluding hydrogens is 504 g/mol. The van der Waals surface area contributed by atoms with Crippen LogP contribution in [0.1, 0.15) is 65.9 Å². The molecule has 0 heterocycles. The Morgan fingerprint density at radius 1 is 1.10 bits per heavy atom. The van der Waals surface area contributed by atoms with Crippen LogP contribution in [-0.2, 0) is 20.8 Å². The van der Waals surface area contributed by atoms with Gasteiger partial charge in [-0.15, -0.1) is 0 Å². The van der Waals surface area contributed by atoms with E-state index >= 15 is 0 Å². The molecule has 4 N–H and O–H groups in total. The van der Waals surface area contributed by atoms with Crippen molar-refractivity contribution in [1.29, 1.82) is 0 Å². The van der Waals surface area contributed by atoms with Crippen molar-refractivity contribution in [3.05, 3.63) is 58.7 Å². The number of aliphatic hydroxyl groups excluding tert-OH is 1. The van der Waals surface area contributed by atoms with Crippen molar-refractivity contribution in [2.45, 2.75) is 72.8 Å². The number of benzene rings is 1. The Labute approximate surface area is 230 Å². The Balaban J connectivity index is 2.54. The smallest absolute Gasteiger partial charge is 0.249 e. The molecule has 0 aliphatic heterocycles. The molecule has 1 aromatic carbocycles. The lowest BCUT2D eigenvalue weighted by molar-refractivity contribution is -0.132. The Bertz CT molecular complexity index is 1080. The molecule has 0 aromatic heterocycles. The first-order valence-corrected chi connectivity index (χ1v) is 13.7. The number of primary amides is 1. The van der Waals surface area contributed by atoms with Crippen LogP contribution in [0.3, 0.4) is 0 Å². The first kappa shape index (κ1) is 32.1. The zero-order chi connectivity index (χ0) is 29.3. The van der Waals surface area contributed by atoms with E-state index in [1.54, 1.807) is 24.0 Å². The minimum Gasteiger partial charge on any atom is -0.391 e. The number of allylic oxidation sites excluding steroid dienone is 2. The molecule has 1 aromatic rings. The summed E-state index contributed by atoms with van der Waals surface area (Å²) in [6, 6.07) is 3.02. The number of hydrogen-bond donors (Lipinski definition) is 3. The van der Waals surface area contributed by atoms with Crippen molar-refractivity contribution in [2.75, 3.05) is 19.6 Å². The highest BCUT2D eigenvalue weighted by atomic mass is 19.1. The highest BCUT2D eigenvalue weighted by Gasteiger charge is 2.48. The van der Waals surface area contributed by atoms with Crippen molar-refractivity contribution in [1.82, 2.24) is 10.2 Å². The summed E-state index contributed by atoms with van der Waals surface area (Å²) in [5.74, 6) is -3.74. The van der Waals surface area contributed by atoms with Crippen molar-refractivity contribution in [3.8, 4) is 0 Å². The molecular formula is C30H43F2N3O4. The second-order valence-electron chi connectivity index (χ2n) is 11.0. The monoisotopic (exact) mass is 547 g/mol. The van der Waals surface area contributed by atoms with Crippen molar-refractivity contribution >= 4 is 17.7 Å². The van der Waals surface area contributed by atoms with E-state index < -0.39 is 35.0 Å². The molecule has 39 heavy (non-hydrogen) atoms. The van der Waals surface area contributed by atoms with E-state index in [2.05, 4.69) is 5.32 Å². The normalized spacial score (nSPS) is 18.7. The molecule has 9 heteroatoms. The number of carbonyl (C=O) groups is 3. The van der Waals surface area contributed by atoms with Crippen LogP contribution in [0.2, 0.25) is 0 Å².